The van der Waals surface area contributed by atoms with Crippen LogP contribution in [0.15, 0.2) is 18.2 Å². The quantitative estimate of drug-likeness (QED) is 0.626. The van der Waals surface area contributed by atoms with Crippen molar-refractivity contribution in [3.63, 3.8) is 0 Å². The molecule has 3 nitrogen and oxygen atoms in total. The second-order valence-electron chi connectivity index (χ2n) is 3.91. The van der Waals surface area contributed by atoms with Crippen molar-refractivity contribution in [2.75, 3.05) is 19.0 Å². The van der Waals surface area contributed by atoms with Crippen molar-refractivity contribution in [3.05, 3.63) is 29.3 Å². The van der Waals surface area contributed by atoms with E-state index in [0.717, 1.165) is 16.9 Å². The standard InChI is InChI=1S/C13H18ClNO2/c1-10-3-4-11(2)12(9-10)17-8-7-15-13(16)5-6-14/h3-4,9H,5-8H2,1-2H3,(H,15,16). The normalized spacial score (nSPS) is 10.1. The Bertz CT molecular complexity index is 380. The summed E-state index contributed by atoms with van der Waals surface area (Å²) in [4.78, 5) is 11.1. The third-order valence-electron chi connectivity index (χ3n) is 2.35. The van der Waals surface area contributed by atoms with Crippen LogP contribution in [0.3, 0.4) is 0 Å². The molecule has 0 bridgehead atoms. The first-order valence-electron chi connectivity index (χ1n) is 5.66. The summed E-state index contributed by atoms with van der Waals surface area (Å²) in [7, 11) is 0. The van der Waals surface area contributed by atoms with Gasteiger partial charge in [-0.1, -0.05) is 12.1 Å². The zero-order valence-electron chi connectivity index (χ0n) is 10.3. The first kappa shape index (κ1) is 13.8. The number of hydrogen-bond donors (Lipinski definition) is 1. The minimum atomic E-state index is -0.0374. The Labute approximate surface area is 107 Å². The van der Waals surface area contributed by atoms with Crippen LogP contribution in [-0.4, -0.2) is 24.9 Å². The molecule has 0 atom stereocenters. The van der Waals surface area contributed by atoms with Crippen LogP contribution in [0.2, 0.25) is 0 Å². The number of nitrogens with one attached hydrogen (secondary N) is 1. The first-order valence-corrected chi connectivity index (χ1v) is 6.19. The van der Waals surface area contributed by atoms with Crippen LogP contribution in [0, 0.1) is 13.8 Å². The van der Waals surface area contributed by atoms with Crippen molar-refractivity contribution in [1.29, 1.82) is 0 Å². The molecule has 0 radical (unpaired) electrons. The molecule has 0 heterocycles. The maximum absolute atomic E-state index is 11.1. The first-order chi connectivity index (χ1) is 8.13. The molecule has 0 aromatic heterocycles. The van der Waals surface area contributed by atoms with Gasteiger partial charge in [0.1, 0.15) is 12.4 Å². The van der Waals surface area contributed by atoms with Crippen LogP contribution < -0.4 is 10.1 Å². The highest BCUT2D eigenvalue weighted by molar-refractivity contribution is 6.18. The number of ether oxygens (including phenoxy) is 1. The second-order valence-corrected chi connectivity index (χ2v) is 4.28. The summed E-state index contributed by atoms with van der Waals surface area (Å²) in [5.41, 5.74) is 2.26. The summed E-state index contributed by atoms with van der Waals surface area (Å²) in [5, 5.41) is 2.74. The van der Waals surface area contributed by atoms with Crippen molar-refractivity contribution in [2.24, 2.45) is 0 Å². The van der Waals surface area contributed by atoms with Crippen molar-refractivity contribution >= 4 is 17.5 Å². The van der Waals surface area contributed by atoms with Gasteiger partial charge in [-0.15, -0.1) is 11.6 Å². The molecule has 1 N–H and O–H groups in total. The van der Waals surface area contributed by atoms with Gasteiger partial charge in [0.05, 0.1) is 6.54 Å². The lowest BCUT2D eigenvalue weighted by molar-refractivity contribution is -0.120. The molecule has 0 spiro atoms. The summed E-state index contributed by atoms with van der Waals surface area (Å²) in [6.07, 6.45) is 0.352. The van der Waals surface area contributed by atoms with Gasteiger partial charge in [-0.2, -0.15) is 0 Å². The van der Waals surface area contributed by atoms with Gasteiger partial charge in [0.25, 0.3) is 0 Å². The fourth-order valence-electron chi connectivity index (χ4n) is 1.39. The van der Waals surface area contributed by atoms with Crippen LogP contribution in [0.4, 0.5) is 0 Å². The Morgan fingerprint density at radius 2 is 2.18 bits per heavy atom. The van der Waals surface area contributed by atoms with E-state index in [-0.39, 0.29) is 5.91 Å². The Kier molecular flexibility index (Phi) is 5.84. The van der Waals surface area contributed by atoms with E-state index in [9.17, 15) is 4.79 Å². The SMILES string of the molecule is Cc1ccc(C)c(OCCNC(=O)CCCl)c1. The number of benzene rings is 1. The van der Waals surface area contributed by atoms with E-state index in [2.05, 4.69) is 5.32 Å². The monoisotopic (exact) mass is 255 g/mol. The predicted octanol–water partition coefficient (Wildman–Crippen LogP) is 2.43. The van der Waals surface area contributed by atoms with Gasteiger partial charge in [-0.05, 0) is 31.0 Å². The molecule has 0 aliphatic rings. The maximum atomic E-state index is 11.1. The fraction of sp³-hybridized carbons (Fsp3) is 0.462. The summed E-state index contributed by atoms with van der Waals surface area (Å²) in [6.45, 7) is 5.00. The number of hydrogen-bond acceptors (Lipinski definition) is 2. The summed E-state index contributed by atoms with van der Waals surface area (Å²) in [5.74, 6) is 1.19. The number of alkyl halides is 1. The van der Waals surface area contributed by atoms with Gasteiger partial charge in [0.15, 0.2) is 0 Å². The van der Waals surface area contributed by atoms with E-state index in [0.29, 0.717) is 25.5 Å². The van der Waals surface area contributed by atoms with Gasteiger partial charge < -0.3 is 10.1 Å². The summed E-state index contributed by atoms with van der Waals surface area (Å²) in [6, 6.07) is 6.07. The van der Waals surface area contributed by atoms with Gasteiger partial charge in [-0.25, -0.2) is 0 Å². The molecule has 1 aromatic rings. The molecular formula is C13H18ClNO2. The molecule has 1 aromatic carbocycles. The average Bonchev–Trinajstić information content (AvgIpc) is 2.29. The molecule has 94 valence electrons. The zero-order chi connectivity index (χ0) is 12.7. The largest absolute Gasteiger partial charge is 0.491 e. The van der Waals surface area contributed by atoms with Gasteiger partial charge in [-0.3, -0.25) is 4.79 Å². The van der Waals surface area contributed by atoms with Crippen LogP contribution in [0.5, 0.6) is 5.75 Å². The Hall–Kier alpha value is -1.22. The fourth-order valence-corrected chi connectivity index (χ4v) is 1.56. The smallest absolute Gasteiger partial charge is 0.221 e. The van der Waals surface area contributed by atoms with Crippen molar-refractivity contribution in [3.8, 4) is 5.75 Å². The third-order valence-corrected chi connectivity index (χ3v) is 2.54. The minimum Gasteiger partial charge on any atom is -0.491 e. The second kappa shape index (κ2) is 7.17. The van der Waals surface area contributed by atoms with Crippen LogP contribution in [0.1, 0.15) is 17.5 Å². The molecule has 1 rings (SSSR count). The Morgan fingerprint density at radius 3 is 2.88 bits per heavy atom. The van der Waals surface area contributed by atoms with Crippen molar-refractivity contribution in [1.82, 2.24) is 5.32 Å². The Morgan fingerprint density at radius 1 is 1.41 bits per heavy atom. The van der Waals surface area contributed by atoms with Gasteiger partial charge >= 0.3 is 0 Å². The molecular weight excluding hydrogens is 238 g/mol. The minimum absolute atomic E-state index is 0.0374. The molecule has 4 heteroatoms. The highest BCUT2D eigenvalue weighted by atomic mass is 35.5. The zero-order valence-corrected chi connectivity index (χ0v) is 11.0. The van der Waals surface area contributed by atoms with E-state index < -0.39 is 0 Å². The van der Waals surface area contributed by atoms with E-state index in [1.807, 2.05) is 32.0 Å². The average molecular weight is 256 g/mol. The molecule has 1 amide bonds. The molecule has 0 aliphatic carbocycles. The molecule has 0 unspecified atom stereocenters. The highest BCUT2D eigenvalue weighted by Crippen LogP contribution is 2.18. The van der Waals surface area contributed by atoms with Gasteiger partial charge in [0.2, 0.25) is 5.91 Å². The lowest BCUT2D eigenvalue weighted by atomic mass is 10.1. The number of rotatable bonds is 6. The molecule has 17 heavy (non-hydrogen) atoms. The topological polar surface area (TPSA) is 38.3 Å². The Balaban J connectivity index is 2.31. The summed E-state index contributed by atoms with van der Waals surface area (Å²) >= 11 is 5.45. The summed E-state index contributed by atoms with van der Waals surface area (Å²) < 4.78 is 5.60. The number of carbonyl (C=O) groups is 1. The van der Waals surface area contributed by atoms with Crippen LogP contribution >= 0.6 is 11.6 Å². The van der Waals surface area contributed by atoms with Crippen molar-refractivity contribution < 1.29 is 9.53 Å². The van der Waals surface area contributed by atoms with Gasteiger partial charge in [0, 0.05) is 12.3 Å². The molecule has 0 saturated carbocycles. The lowest BCUT2D eigenvalue weighted by Gasteiger charge is -2.10. The van der Waals surface area contributed by atoms with E-state index in [1.165, 1.54) is 0 Å². The van der Waals surface area contributed by atoms with E-state index in [4.69, 9.17) is 16.3 Å². The van der Waals surface area contributed by atoms with Crippen LogP contribution in [-0.2, 0) is 4.79 Å². The van der Waals surface area contributed by atoms with E-state index >= 15 is 0 Å². The van der Waals surface area contributed by atoms with Crippen molar-refractivity contribution in [2.45, 2.75) is 20.3 Å². The number of halogens is 1. The molecule has 0 fully saturated rings. The number of aryl methyl sites for hydroxylation is 2. The molecule has 0 saturated heterocycles. The number of amides is 1. The third kappa shape index (κ3) is 5.09. The number of carbonyl (C=O) groups excluding carboxylic acids is 1. The highest BCUT2D eigenvalue weighted by Gasteiger charge is 2.01. The lowest BCUT2D eigenvalue weighted by Crippen LogP contribution is -2.28. The van der Waals surface area contributed by atoms with E-state index in [1.54, 1.807) is 0 Å². The molecule has 0 aliphatic heterocycles. The maximum Gasteiger partial charge on any atom is 0.221 e. The van der Waals surface area contributed by atoms with Crippen LogP contribution in [0.25, 0.3) is 0 Å². The predicted molar refractivity (Wildman–Crippen MR) is 69.8 cm³/mol.